The van der Waals surface area contributed by atoms with Gasteiger partial charge in [0.25, 0.3) is 0 Å². The number of ether oxygens (including phenoxy) is 2. The molecular weight excluding hydrogens is 364 g/mol. The fraction of sp³-hybridized carbons (Fsp3) is 0.304. The van der Waals surface area contributed by atoms with Gasteiger partial charge >= 0.3 is 0 Å². The van der Waals surface area contributed by atoms with Gasteiger partial charge in [0.2, 0.25) is 0 Å². The summed E-state index contributed by atoms with van der Waals surface area (Å²) in [7, 11) is 3.27. The van der Waals surface area contributed by atoms with Crippen LogP contribution in [-0.4, -0.2) is 30.7 Å². The van der Waals surface area contributed by atoms with E-state index in [1.165, 1.54) is 0 Å². The van der Waals surface area contributed by atoms with Crippen LogP contribution in [0.2, 0.25) is 0 Å². The fourth-order valence-corrected chi connectivity index (χ4v) is 2.92. The van der Waals surface area contributed by atoms with Gasteiger partial charge in [-0.2, -0.15) is 0 Å². The molecular formula is C23H28N4O2. The normalized spacial score (nSPS) is 10.4. The zero-order chi connectivity index (χ0) is 20.5. The number of nitrogens with one attached hydrogen (secondary N) is 2. The number of methoxy groups -OCH3 is 2. The highest BCUT2D eigenvalue weighted by atomic mass is 16.5. The van der Waals surface area contributed by atoms with Gasteiger partial charge in [-0.05, 0) is 24.1 Å². The molecule has 1 aromatic heterocycles. The molecule has 152 valence electrons. The van der Waals surface area contributed by atoms with E-state index in [0.29, 0.717) is 23.9 Å². The van der Waals surface area contributed by atoms with Crippen LogP contribution < -0.4 is 20.1 Å². The second-order valence-electron chi connectivity index (χ2n) is 6.65. The van der Waals surface area contributed by atoms with Gasteiger partial charge in [-0.3, -0.25) is 0 Å². The molecule has 0 fully saturated rings. The number of unbranched alkanes of at least 4 members (excludes halogenated alkanes) is 1. The average molecular weight is 393 g/mol. The smallest absolute Gasteiger partial charge is 0.163 e. The highest BCUT2D eigenvalue weighted by Crippen LogP contribution is 2.28. The number of nitrogens with zero attached hydrogens (tertiary/aromatic N) is 2. The zero-order valence-corrected chi connectivity index (χ0v) is 17.2. The Morgan fingerprint density at radius 1 is 0.828 bits per heavy atom. The van der Waals surface area contributed by atoms with E-state index in [1.807, 2.05) is 54.6 Å². The number of hydrogen-bond acceptors (Lipinski definition) is 6. The summed E-state index contributed by atoms with van der Waals surface area (Å²) in [6.07, 6.45) is 2.23. The van der Waals surface area contributed by atoms with Crippen molar-refractivity contribution in [2.75, 3.05) is 31.4 Å². The third-order valence-electron chi connectivity index (χ3n) is 4.52. The lowest BCUT2D eigenvalue weighted by atomic mass is 10.2. The molecule has 0 amide bonds. The van der Waals surface area contributed by atoms with Gasteiger partial charge in [-0.1, -0.05) is 49.7 Å². The van der Waals surface area contributed by atoms with Crippen LogP contribution in [0.1, 0.15) is 25.3 Å². The minimum Gasteiger partial charge on any atom is -0.493 e. The lowest BCUT2D eigenvalue weighted by molar-refractivity contribution is 0.354. The molecule has 1 heterocycles. The molecule has 3 rings (SSSR count). The molecule has 0 bridgehead atoms. The van der Waals surface area contributed by atoms with Crippen molar-refractivity contribution in [2.45, 2.75) is 26.3 Å². The summed E-state index contributed by atoms with van der Waals surface area (Å²) in [5.41, 5.74) is 2.06. The van der Waals surface area contributed by atoms with Crippen molar-refractivity contribution in [1.29, 1.82) is 0 Å². The Morgan fingerprint density at radius 2 is 1.55 bits per heavy atom. The SMILES string of the molecule is CCCCNc1cc(NCc2ccc(OC)c(OC)c2)nc(-c2ccccc2)n1. The van der Waals surface area contributed by atoms with Crippen molar-refractivity contribution in [3.05, 3.63) is 60.2 Å². The molecule has 2 aromatic carbocycles. The number of hydrogen-bond donors (Lipinski definition) is 2. The molecule has 0 aliphatic carbocycles. The van der Waals surface area contributed by atoms with E-state index in [9.17, 15) is 0 Å². The predicted molar refractivity (Wildman–Crippen MR) is 118 cm³/mol. The first-order chi connectivity index (χ1) is 14.2. The molecule has 2 N–H and O–H groups in total. The third-order valence-corrected chi connectivity index (χ3v) is 4.52. The fourth-order valence-electron chi connectivity index (χ4n) is 2.92. The topological polar surface area (TPSA) is 68.3 Å². The Balaban J connectivity index is 1.81. The maximum absolute atomic E-state index is 5.39. The molecule has 0 spiro atoms. The molecule has 3 aromatic rings. The van der Waals surface area contributed by atoms with E-state index in [-0.39, 0.29) is 0 Å². The zero-order valence-electron chi connectivity index (χ0n) is 17.2. The Hall–Kier alpha value is -3.28. The molecule has 0 atom stereocenters. The van der Waals surface area contributed by atoms with E-state index in [1.54, 1.807) is 14.2 Å². The van der Waals surface area contributed by atoms with Crippen molar-refractivity contribution >= 4 is 11.6 Å². The molecule has 0 radical (unpaired) electrons. The van der Waals surface area contributed by atoms with E-state index in [4.69, 9.17) is 14.5 Å². The van der Waals surface area contributed by atoms with Crippen molar-refractivity contribution in [3.63, 3.8) is 0 Å². The first kappa shape index (κ1) is 20.5. The molecule has 0 aliphatic rings. The minimum atomic E-state index is 0.611. The maximum atomic E-state index is 5.39. The Kier molecular flexibility index (Phi) is 7.28. The molecule has 6 nitrogen and oxygen atoms in total. The largest absolute Gasteiger partial charge is 0.493 e. The third kappa shape index (κ3) is 5.60. The quantitative estimate of drug-likeness (QED) is 0.474. The van der Waals surface area contributed by atoms with Gasteiger partial charge in [0.15, 0.2) is 17.3 Å². The Morgan fingerprint density at radius 3 is 2.24 bits per heavy atom. The van der Waals surface area contributed by atoms with Crippen molar-refractivity contribution < 1.29 is 9.47 Å². The highest BCUT2D eigenvalue weighted by molar-refractivity contribution is 5.61. The average Bonchev–Trinajstić information content (AvgIpc) is 2.78. The summed E-state index contributed by atoms with van der Waals surface area (Å²) in [4.78, 5) is 9.39. The predicted octanol–water partition coefficient (Wildman–Crippen LogP) is 4.98. The number of rotatable bonds is 10. The molecule has 0 saturated carbocycles. The van der Waals surface area contributed by atoms with Crippen LogP contribution in [0.4, 0.5) is 11.6 Å². The standard InChI is InChI=1S/C23H28N4O2/c1-4-5-13-24-21-15-22(27-23(26-21)18-9-7-6-8-10-18)25-16-17-11-12-19(28-2)20(14-17)29-3/h6-12,14-15H,4-5,13,16H2,1-3H3,(H2,24,25,26,27). The van der Waals surface area contributed by atoms with Gasteiger partial charge in [0, 0.05) is 24.7 Å². The van der Waals surface area contributed by atoms with Crippen molar-refractivity contribution in [2.24, 2.45) is 0 Å². The van der Waals surface area contributed by atoms with Crippen LogP contribution in [0.5, 0.6) is 11.5 Å². The summed E-state index contributed by atoms with van der Waals surface area (Å²) in [5, 5.41) is 6.80. The highest BCUT2D eigenvalue weighted by Gasteiger charge is 2.08. The molecule has 0 unspecified atom stereocenters. The van der Waals surface area contributed by atoms with E-state index in [0.717, 1.165) is 42.1 Å². The summed E-state index contributed by atoms with van der Waals surface area (Å²) in [5.74, 6) is 3.71. The van der Waals surface area contributed by atoms with Crippen LogP contribution in [0.15, 0.2) is 54.6 Å². The van der Waals surface area contributed by atoms with Crippen LogP contribution in [0.25, 0.3) is 11.4 Å². The van der Waals surface area contributed by atoms with Gasteiger partial charge in [0.05, 0.1) is 14.2 Å². The Labute approximate surface area is 172 Å². The lowest BCUT2D eigenvalue weighted by Crippen LogP contribution is -2.08. The van der Waals surface area contributed by atoms with Crippen LogP contribution in [0.3, 0.4) is 0 Å². The monoisotopic (exact) mass is 392 g/mol. The van der Waals surface area contributed by atoms with Gasteiger partial charge in [-0.25, -0.2) is 9.97 Å². The Bertz CT molecular complexity index is 916. The van der Waals surface area contributed by atoms with E-state index >= 15 is 0 Å². The minimum absolute atomic E-state index is 0.611. The summed E-state index contributed by atoms with van der Waals surface area (Å²) in [6, 6.07) is 17.8. The van der Waals surface area contributed by atoms with Gasteiger partial charge in [0.1, 0.15) is 11.6 Å². The summed E-state index contributed by atoms with van der Waals surface area (Å²) in [6.45, 7) is 3.67. The van der Waals surface area contributed by atoms with E-state index in [2.05, 4.69) is 22.5 Å². The molecule has 29 heavy (non-hydrogen) atoms. The van der Waals surface area contributed by atoms with Crippen molar-refractivity contribution in [3.8, 4) is 22.9 Å². The van der Waals surface area contributed by atoms with E-state index < -0.39 is 0 Å². The molecule has 0 aliphatic heterocycles. The van der Waals surface area contributed by atoms with Crippen molar-refractivity contribution in [1.82, 2.24) is 9.97 Å². The second kappa shape index (κ2) is 10.3. The maximum Gasteiger partial charge on any atom is 0.163 e. The number of anilines is 2. The molecule has 6 heteroatoms. The number of aromatic nitrogens is 2. The molecule has 0 saturated heterocycles. The second-order valence-corrected chi connectivity index (χ2v) is 6.65. The van der Waals surface area contributed by atoms with Crippen LogP contribution in [0, 0.1) is 0 Å². The lowest BCUT2D eigenvalue weighted by Gasteiger charge is -2.13. The van der Waals surface area contributed by atoms with Crippen LogP contribution >= 0.6 is 0 Å². The first-order valence-electron chi connectivity index (χ1n) is 9.86. The number of benzene rings is 2. The van der Waals surface area contributed by atoms with Gasteiger partial charge < -0.3 is 20.1 Å². The van der Waals surface area contributed by atoms with Crippen LogP contribution in [-0.2, 0) is 6.54 Å². The summed E-state index contributed by atoms with van der Waals surface area (Å²) < 4.78 is 10.7. The van der Waals surface area contributed by atoms with Gasteiger partial charge in [-0.15, -0.1) is 0 Å². The first-order valence-corrected chi connectivity index (χ1v) is 9.86. The summed E-state index contributed by atoms with van der Waals surface area (Å²) >= 11 is 0.